The lowest BCUT2D eigenvalue weighted by molar-refractivity contribution is 0.0917. The van der Waals surface area contributed by atoms with Crippen molar-refractivity contribution in [3.05, 3.63) is 36.2 Å². The molecule has 1 amide bonds. The van der Waals surface area contributed by atoms with Crippen molar-refractivity contribution in [2.24, 2.45) is 0 Å². The highest BCUT2D eigenvalue weighted by Crippen LogP contribution is 2.08. The van der Waals surface area contributed by atoms with Crippen LogP contribution in [0.25, 0.3) is 11.0 Å². The molecular weight excluding hydrogens is 230 g/mol. The number of nitrogens with one attached hydrogen (secondary N) is 1. The summed E-state index contributed by atoms with van der Waals surface area (Å²) in [6.07, 6.45) is 1.48. The fourth-order valence-electron chi connectivity index (χ4n) is 1.54. The van der Waals surface area contributed by atoms with E-state index in [-0.39, 0.29) is 5.91 Å². The molecule has 0 saturated carbocycles. The Morgan fingerprint density at radius 2 is 2.11 bits per heavy atom. The average molecular weight is 245 g/mol. The van der Waals surface area contributed by atoms with E-state index in [1.54, 1.807) is 0 Å². The number of carbonyl (C=O) groups is 1. The maximum Gasteiger partial charge on any atom is 0.271 e. The molecule has 1 aromatic carbocycles. The van der Waals surface area contributed by atoms with Crippen LogP contribution in [0.4, 0.5) is 0 Å². The Morgan fingerprint density at radius 3 is 2.89 bits per heavy atom. The third-order valence-corrected chi connectivity index (χ3v) is 2.42. The smallest absolute Gasteiger partial charge is 0.271 e. The summed E-state index contributed by atoms with van der Waals surface area (Å²) in [7, 11) is 0. The second-order valence-electron chi connectivity index (χ2n) is 3.70. The minimum Gasteiger partial charge on any atom is -0.380 e. The zero-order chi connectivity index (χ0) is 12.8. The molecule has 0 radical (unpaired) electrons. The predicted molar refractivity (Wildman–Crippen MR) is 68.4 cm³/mol. The van der Waals surface area contributed by atoms with Gasteiger partial charge in [0, 0.05) is 13.2 Å². The minimum atomic E-state index is -0.229. The number of hydrogen-bond acceptors (Lipinski definition) is 4. The molecule has 0 fully saturated rings. The highest BCUT2D eigenvalue weighted by atomic mass is 16.5. The quantitative estimate of drug-likeness (QED) is 0.809. The molecule has 1 N–H and O–H groups in total. The molecule has 0 atom stereocenters. The van der Waals surface area contributed by atoms with Gasteiger partial charge in [0.2, 0.25) is 0 Å². The van der Waals surface area contributed by atoms with Gasteiger partial charge in [-0.3, -0.25) is 9.78 Å². The first-order valence-electron chi connectivity index (χ1n) is 5.89. The number of hydrogen-bond donors (Lipinski definition) is 1. The van der Waals surface area contributed by atoms with E-state index in [4.69, 9.17) is 4.74 Å². The Balaban J connectivity index is 2.04. The number of amides is 1. The molecule has 0 spiro atoms. The van der Waals surface area contributed by atoms with Crippen molar-refractivity contribution in [1.29, 1.82) is 0 Å². The van der Waals surface area contributed by atoms with Gasteiger partial charge in [0.05, 0.1) is 23.8 Å². The highest BCUT2D eigenvalue weighted by molar-refractivity contribution is 5.93. The van der Waals surface area contributed by atoms with Crippen LogP contribution in [-0.2, 0) is 4.74 Å². The Bertz CT molecular complexity index is 543. The van der Waals surface area contributed by atoms with Gasteiger partial charge in [0.15, 0.2) is 0 Å². The zero-order valence-electron chi connectivity index (χ0n) is 10.2. The van der Waals surface area contributed by atoms with Crippen LogP contribution in [0, 0.1) is 0 Å². The van der Waals surface area contributed by atoms with Crippen molar-refractivity contribution in [3.8, 4) is 0 Å². The summed E-state index contributed by atoms with van der Waals surface area (Å²) in [5, 5.41) is 2.73. The van der Waals surface area contributed by atoms with E-state index in [2.05, 4.69) is 15.3 Å². The van der Waals surface area contributed by atoms with Gasteiger partial charge < -0.3 is 10.1 Å². The van der Waals surface area contributed by atoms with E-state index in [1.165, 1.54) is 6.20 Å². The number of aromatic nitrogens is 2. The van der Waals surface area contributed by atoms with Gasteiger partial charge in [0.25, 0.3) is 5.91 Å². The first-order valence-corrected chi connectivity index (χ1v) is 5.89. The number of fused-ring (bicyclic) bond motifs is 1. The van der Waals surface area contributed by atoms with Crippen molar-refractivity contribution in [3.63, 3.8) is 0 Å². The van der Waals surface area contributed by atoms with Crippen molar-refractivity contribution in [2.45, 2.75) is 6.92 Å². The second kappa shape index (κ2) is 6.07. The summed E-state index contributed by atoms with van der Waals surface area (Å²) in [6, 6.07) is 7.45. The standard InChI is InChI=1S/C13H15N3O2/c1-2-18-8-7-14-13(17)12-9-15-10-5-3-4-6-11(10)16-12/h3-6,9H,2,7-8H2,1H3,(H,14,17). The average Bonchev–Trinajstić information content (AvgIpc) is 2.43. The molecule has 5 nitrogen and oxygen atoms in total. The van der Waals surface area contributed by atoms with Crippen LogP contribution in [0.5, 0.6) is 0 Å². The van der Waals surface area contributed by atoms with Gasteiger partial charge in [-0.15, -0.1) is 0 Å². The molecular formula is C13H15N3O2. The minimum absolute atomic E-state index is 0.229. The van der Waals surface area contributed by atoms with E-state index >= 15 is 0 Å². The summed E-state index contributed by atoms with van der Waals surface area (Å²) >= 11 is 0. The fourth-order valence-corrected chi connectivity index (χ4v) is 1.54. The van der Waals surface area contributed by atoms with Crippen LogP contribution in [0.1, 0.15) is 17.4 Å². The molecule has 0 unspecified atom stereocenters. The lowest BCUT2D eigenvalue weighted by Crippen LogP contribution is -2.28. The summed E-state index contributed by atoms with van der Waals surface area (Å²) in [5.74, 6) is -0.229. The molecule has 0 aliphatic heterocycles. The van der Waals surface area contributed by atoms with Crippen LogP contribution in [0.2, 0.25) is 0 Å². The summed E-state index contributed by atoms with van der Waals surface area (Å²) in [4.78, 5) is 20.2. The maximum absolute atomic E-state index is 11.8. The Kier molecular flexibility index (Phi) is 4.20. The predicted octanol–water partition coefficient (Wildman–Crippen LogP) is 1.40. The second-order valence-corrected chi connectivity index (χ2v) is 3.70. The third kappa shape index (κ3) is 3.01. The molecule has 0 aliphatic rings. The molecule has 5 heteroatoms. The van der Waals surface area contributed by atoms with Gasteiger partial charge in [0.1, 0.15) is 5.69 Å². The van der Waals surface area contributed by atoms with E-state index in [0.717, 1.165) is 11.0 Å². The largest absolute Gasteiger partial charge is 0.380 e. The lowest BCUT2D eigenvalue weighted by Gasteiger charge is -2.05. The monoisotopic (exact) mass is 245 g/mol. The van der Waals surface area contributed by atoms with Gasteiger partial charge in [-0.25, -0.2) is 4.98 Å². The van der Waals surface area contributed by atoms with Gasteiger partial charge >= 0.3 is 0 Å². The fraction of sp³-hybridized carbons (Fsp3) is 0.308. The molecule has 0 bridgehead atoms. The van der Waals surface area contributed by atoms with Crippen LogP contribution >= 0.6 is 0 Å². The van der Waals surface area contributed by atoms with Crippen molar-refractivity contribution < 1.29 is 9.53 Å². The zero-order valence-corrected chi connectivity index (χ0v) is 10.2. The number of para-hydroxylation sites is 2. The van der Waals surface area contributed by atoms with E-state index < -0.39 is 0 Å². The lowest BCUT2D eigenvalue weighted by atomic mass is 10.3. The van der Waals surface area contributed by atoms with Crippen molar-refractivity contribution >= 4 is 16.9 Å². The molecule has 18 heavy (non-hydrogen) atoms. The molecule has 94 valence electrons. The Hall–Kier alpha value is -2.01. The van der Waals surface area contributed by atoms with Gasteiger partial charge in [-0.2, -0.15) is 0 Å². The Morgan fingerprint density at radius 1 is 1.33 bits per heavy atom. The van der Waals surface area contributed by atoms with Crippen LogP contribution in [0.15, 0.2) is 30.5 Å². The topological polar surface area (TPSA) is 64.1 Å². The van der Waals surface area contributed by atoms with Crippen LogP contribution in [-0.4, -0.2) is 35.6 Å². The van der Waals surface area contributed by atoms with E-state index in [9.17, 15) is 4.79 Å². The first-order chi connectivity index (χ1) is 8.81. The highest BCUT2D eigenvalue weighted by Gasteiger charge is 2.07. The summed E-state index contributed by atoms with van der Waals surface area (Å²) < 4.78 is 5.14. The molecule has 1 heterocycles. The third-order valence-electron chi connectivity index (χ3n) is 2.42. The summed E-state index contributed by atoms with van der Waals surface area (Å²) in [6.45, 7) is 3.53. The molecule has 0 aliphatic carbocycles. The van der Waals surface area contributed by atoms with Gasteiger partial charge in [-0.1, -0.05) is 12.1 Å². The normalized spacial score (nSPS) is 10.5. The number of carbonyl (C=O) groups excluding carboxylic acids is 1. The van der Waals surface area contributed by atoms with E-state index in [1.807, 2.05) is 31.2 Å². The van der Waals surface area contributed by atoms with E-state index in [0.29, 0.717) is 25.5 Å². The molecule has 2 rings (SSSR count). The molecule has 1 aromatic heterocycles. The number of benzene rings is 1. The first kappa shape index (κ1) is 12.4. The molecule has 0 saturated heterocycles. The number of ether oxygens (including phenoxy) is 1. The maximum atomic E-state index is 11.8. The van der Waals surface area contributed by atoms with Crippen molar-refractivity contribution in [2.75, 3.05) is 19.8 Å². The Labute approximate surface area is 105 Å². The van der Waals surface area contributed by atoms with Crippen LogP contribution in [0.3, 0.4) is 0 Å². The SMILES string of the molecule is CCOCCNC(=O)c1cnc2ccccc2n1. The number of rotatable bonds is 5. The van der Waals surface area contributed by atoms with Crippen LogP contribution < -0.4 is 5.32 Å². The summed E-state index contributed by atoms with van der Waals surface area (Å²) in [5.41, 5.74) is 1.82. The molecule has 2 aromatic rings. The van der Waals surface area contributed by atoms with Crippen molar-refractivity contribution in [1.82, 2.24) is 15.3 Å². The van der Waals surface area contributed by atoms with Gasteiger partial charge in [-0.05, 0) is 19.1 Å². The number of nitrogens with zero attached hydrogens (tertiary/aromatic N) is 2.